The third-order valence-electron chi connectivity index (χ3n) is 4.79. The van der Waals surface area contributed by atoms with E-state index in [0.717, 1.165) is 30.4 Å². The summed E-state index contributed by atoms with van der Waals surface area (Å²) in [7, 11) is 0. The molecule has 0 saturated heterocycles. The lowest BCUT2D eigenvalue weighted by Crippen LogP contribution is -1.99. The molecule has 0 unspecified atom stereocenters. The lowest BCUT2D eigenvalue weighted by atomic mass is 10.0. The Labute approximate surface area is 158 Å². The van der Waals surface area contributed by atoms with Crippen LogP contribution in [0.25, 0.3) is 11.1 Å². The van der Waals surface area contributed by atoms with Crippen molar-refractivity contribution in [2.45, 2.75) is 71.6 Å². The number of hydrogen-bond acceptors (Lipinski definition) is 1. The topological polar surface area (TPSA) is 9.23 Å². The molecule has 0 aliphatic carbocycles. The van der Waals surface area contributed by atoms with Crippen LogP contribution in [-0.4, -0.2) is 6.61 Å². The van der Waals surface area contributed by atoms with Crippen LogP contribution < -0.4 is 4.74 Å². The molecular weight excluding hydrogens is 323 g/mol. The van der Waals surface area contributed by atoms with E-state index in [1.54, 1.807) is 12.1 Å². The van der Waals surface area contributed by atoms with Gasteiger partial charge < -0.3 is 4.74 Å². The molecule has 0 aliphatic heterocycles. The highest BCUT2D eigenvalue weighted by Crippen LogP contribution is 2.26. The lowest BCUT2D eigenvalue weighted by Gasteiger charge is -2.09. The second-order valence-electron chi connectivity index (χ2n) is 7.06. The van der Waals surface area contributed by atoms with Gasteiger partial charge in [-0.1, -0.05) is 82.7 Å². The van der Waals surface area contributed by atoms with Crippen LogP contribution in [0.1, 0.15) is 70.8 Å². The van der Waals surface area contributed by atoms with Gasteiger partial charge in [-0.3, -0.25) is 0 Å². The molecule has 0 fully saturated rings. The summed E-state index contributed by atoms with van der Waals surface area (Å²) in [5.74, 6) is 0.0883. The zero-order chi connectivity index (χ0) is 18.6. The van der Waals surface area contributed by atoms with Gasteiger partial charge in [0.05, 0.1) is 6.61 Å². The molecule has 0 aliphatic rings. The number of hydrogen-bond donors (Lipinski definition) is 0. The Morgan fingerprint density at radius 3 is 2.08 bits per heavy atom. The first-order chi connectivity index (χ1) is 12.7. The van der Waals surface area contributed by atoms with E-state index in [1.165, 1.54) is 44.1 Å². The molecule has 142 valence electrons. The first-order valence-corrected chi connectivity index (χ1v) is 10.3. The van der Waals surface area contributed by atoms with E-state index in [2.05, 4.69) is 38.1 Å². The predicted octanol–water partition coefficient (Wildman–Crippen LogP) is 7.57. The first-order valence-electron chi connectivity index (χ1n) is 10.3. The Kier molecular flexibility index (Phi) is 9.23. The van der Waals surface area contributed by atoms with Gasteiger partial charge >= 0.3 is 0 Å². The average Bonchev–Trinajstić information content (AvgIpc) is 2.67. The Bertz CT molecular complexity index is 633. The van der Waals surface area contributed by atoms with Crippen molar-refractivity contribution in [1.82, 2.24) is 0 Å². The summed E-state index contributed by atoms with van der Waals surface area (Å²) >= 11 is 0. The van der Waals surface area contributed by atoms with Gasteiger partial charge in [0.2, 0.25) is 0 Å². The van der Waals surface area contributed by atoms with Crippen LogP contribution in [0, 0.1) is 5.82 Å². The second kappa shape index (κ2) is 11.7. The van der Waals surface area contributed by atoms with Crippen molar-refractivity contribution in [1.29, 1.82) is 0 Å². The fourth-order valence-electron chi connectivity index (χ4n) is 3.11. The summed E-state index contributed by atoms with van der Waals surface area (Å²) < 4.78 is 20.0. The lowest BCUT2D eigenvalue weighted by molar-refractivity contribution is 0.290. The average molecular weight is 357 g/mol. The monoisotopic (exact) mass is 356 g/mol. The predicted molar refractivity (Wildman–Crippen MR) is 109 cm³/mol. The molecule has 0 radical (unpaired) electrons. The standard InChI is InChI=1S/C24H33FO/c1-3-5-7-8-9-10-18-26-24-17-16-22(19-23(24)25)21-14-12-20(13-15-21)11-6-4-2/h12-17,19H,3-11,18H2,1-2H3. The van der Waals surface area contributed by atoms with Crippen molar-refractivity contribution in [3.05, 3.63) is 53.8 Å². The normalized spacial score (nSPS) is 10.9. The van der Waals surface area contributed by atoms with E-state index in [-0.39, 0.29) is 5.82 Å². The molecule has 1 nitrogen and oxygen atoms in total. The molecule has 0 amide bonds. The van der Waals surface area contributed by atoms with Crippen molar-refractivity contribution in [2.24, 2.45) is 0 Å². The maximum atomic E-state index is 14.3. The molecular formula is C24H33FO. The fourth-order valence-corrected chi connectivity index (χ4v) is 3.11. The molecule has 0 atom stereocenters. The Hall–Kier alpha value is -1.83. The Morgan fingerprint density at radius 2 is 1.38 bits per heavy atom. The Balaban J connectivity index is 1.84. The fraction of sp³-hybridized carbons (Fsp3) is 0.500. The molecule has 2 rings (SSSR count). The van der Waals surface area contributed by atoms with E-state index in [0.29, 0.717) is 12.4 Å². The van der Waals surface area contributed by atoms with Crippen LogP contribution in [0.3, 0.4) is 0 Å². The summed E-state index contributed by atoms with van der Waals surface area (Å²) in [5.41, 5.74) is 3.29. The second-order valence-corrected chi connectivity index (χ2v) is 7.06. The van der Waals surface area contributed by atoms with E-state index in [9.17, 15) is 4.39 Å². The number of unbranched alkanes of at least 4 members (excludes halogenated alkanes) is 6. The molecule has 0 heterocycles. The number of benzene rings is 2. The molecule has 2 aromatic rings. The van der Waals surface area contributed by atoms with Gasteiger partial charge in [-0.05, 0) is 48.1 Å². The van der Waals surface area contributed by atoms with Crippen LogP contribution in [0.4, 0.5) is 4.39 Å². The van der Waals surface area contributed by atoms with Crippen LogP contribution in [0.5, 0.6) is 5.75 Å². The number of rotatable bonds is 12. The minimum absolute atomic E-state index is 0.274. The zero-order valence-electron chi connectivity index (χ0n) is 16.4. The van der Waals surface area contributed by atoms with Crippen molar-refractivity contribution < 1.29 is 9.13 Å². The van der Waals surface area contributed by atoms with Crippen molar-refractivity contribution in [3.63, 3.8) is 0 Å². The molecule has 0 bridgehead atoms. The summed E-state index contributed by atoms with van der Waals surface area (Å²) in [6, 6.07) is 13.7. The highest BCUT2D eigenvalue weighted by atomic mass is 19.1. The van der Waals surface area contributed by atoms with Gasteiger partial charge in [0.15, 0.2) is 11.6 Å². The smallest absolute Gasteiger partial charge is 0.165 e. The zero-order valence-corrected chi connectivity index (χ0v) is 16.4. The molecule has 2 aromatic carbocycles. The molecule has 0 aromatic heterocycles. The highest BCUT2D eigenvalue weighted by Gasteiger charge is 2.06. The van der Waals surface area contributed by atoms with Gasteiger partial charge in [0, 0.05) is 0 Å². The van der Waals surface area contributed by atoms with E-state index in [4.69, 9.17) is 4.74 Å². The quantitative estimate of drug-likeness (QED) is 0.356. The molecule has 0 saturated carbocycles. The molecule has 2 heteroatoms. The van der Waals surface area contributed by atoms with Crippen LogP contribution in [0.15, 0.2) is 42.5 Å². The summed E-state index contributed by atoms with van der Waals surface area (Å²) in [4.78, 5) is 0. The van der Waals surface area contributed by atoms with Crippen LogP contribution in [-0.2, 0) is 6.42 Å². The summed E-state index contributed by atoms with van der Waals surface area (Å²) in [5, 5.41) is 0. The largest absolute Gasteiger partial charge is 0.491 e. The van der Waals surface area contributed by atoms with Gasteiger partial charge in [0.1, 0.15) is 0 Å². The molecule has 26 heavy (non-hydrogen) atoms. The third kappa shape index (κ3) is 6.82. The van der Waals surface area contributed by atoms with E-state index >= 15 is 0 Å². The van der Waals surface area contributed by atoms with Gasteiger partial charge in [-0.2, -0.15) is 0 Å². The maximum absolute atomic E-state index is 14.3. The Morgan fingerprint density at radius 1 is 0.731 bits per heavy atom. The van der Waals surface area contributed by atoms with Crippen molar-refractivity contribution in [3.8, 4) is 16.9 Å². The SMILES string of the molecule is CCCCCCCCOc1ccc(-c2ccc(CCCC)cc2)cc1F. The van der Waals surface area contributed by atoms with Gasteiger partial charge in [0.25, 0.3) is 0 Å². The number of aryl methyl sites for hydroxylation is 1. The van der Waals surface area contributed by atoms with Crippen molar-refractivity contribution in [2.75, 3.05) is 6.61 Å². The third-order valence-corrected chi connectivity index (χ3v) is 4.79. The summed E-state index contributed by atoms with van der Waals surface area (Å²) in [6.45, 7) is 5.01. The maximum Gasteiger partial charge on any atom is 0.165 e. The van der Waals surface area contributed by atoms with Crippen LogP contribution >= 0.6 is 0 Å². The van der Waals surface area contributed by atoms with Gasteiger partial charge in [-0.25, -0.2) is 4.39 Å². The van der Waals surface area contributed by atoms with Crippen molar-refractivity contribution >= 4 is 0 Å². The molecule has 0 N–H and O–H groups in total. The van der Waals surface area contributed by atoms with Gasteiger partial charge in [-0.15, -0.1) is 0 Å². The summed E-state index contributed by atoms with van der Waals surface area (Å²) in [6.07, 6.45) is 10.8. The first kappa shape index (κ1) is 20.5. The number of ether oxygens (including phenoxy) is 1. The van der Waals surface area contributed by atoms with E-state index in [1.807, 2.05) is 6.07 Å². The van der Waals surface area contributed by atoms with Crippen LogP contribution in [0.2, 0.25) is 0 Å². The highest BCUT2D eigenvalue weighted by molar-refractivity contribution is 5.64. The number of halogens is 1. The van der Waals surface area contributed by atoms with E-state index < -0.39 is 0 Å². The minimum Gasteiger partial charge on any atom is -0.491 e. The minimum atomic E-state index is -0.274. The molecule has 0 spiro atoms.